The van der Waals surface area contributed by atoms with E-state index in [4.69, 9.17) is 5.73 Å². The van der Waals surface area contributed by atoms with Crippen LogP contribution in [0.5, 0.6) is 0 Å². The normalized spacial score (nSPS) is 13.3. The number of thioether (sulfide) groups is 1. The Balaban J connectivity index is 2.91. The van der Waals surface area contributed by atoms with Crippen LogP contribution in [0.4, 0.5) is 0 Å². The Morgan fingerprint density at radius 3 is 2.31 bits per heavy atom. The average Bonchev–Trinajstić information content (AvgIpc) is 2.03. The lowest BCUT2D eigenvalue weighted by molar-refractivity contribution is 0.797. The summed E-state index contributed by atoms with van der Waals surface area (Å²) >= 11 is 1.87. The van der Waals surface area contributed by atoms with Gasteiger partial charge < -0.3 is 5.73 Å². The highest BCUT2D eigenvalue weighted by molar-refractivity contribution is 8.00. The van der Waals surface area contributed by atoms with E-state index < -0.39 is 0 Å². The maximum atomic E-state index is 5.88. The summed E-state index contributed by atoms with van der Waals surface area (Å²) in [7, 11) is 0. The number of hydrogen-bond acceptors (Lipinski definition) is 2. The van der Waals surface area contributed by atoms with Crippen molar-refractivity contribution in [2.24, 2.45) is 5.73 Å². The van der Waals surface area contributed by atoms with Crippen molar-refractivity contribution in [2.45, 2.75) is 37.0 Å². The summed E-state index contributed by atoms with van der Waals surface area (Å²) < 4.78 is 0. The molecular formula is C11H17NS. The van der Waals surface area contributed by atoms with Crippen LogP contribution in [0.2, 0.25) is 0 Å². The van der Waals surface area contributed by atoms with Crippen LogP contribution in [0.15, 0.2) is 29.2 Å². The Hall–Kier alpha value is -0.470. The van der Waals surface area contributed by atoms with E-state index in [-0.39, 0.29) is 6.04 Å². The van der Waals surface area contributed by atoms with Gasteiger partial charge in [-0.2, -0.15) is 0 Å². The average molecular weight is 195 g/mol. The van der Waals surface area contributed by atoms with E-state index in [1.54, 1.807) is 0 Å². The number of benzene rings is 1. The minimum absolute atomic E-state index is 0.127. The van der Waals surface area contributed by atoms with Gasteiger partial charge in [-0.3, -0.25) is 0 Å². The van der Waals surface area contributed by atoms with Gasteiger partial charge in [0.2, 0.25) is 0 Å². The molecule has 1 rings (SSSR count). The van der Waals surface area contributed by atoms with Gasteiger partial charge in [-0.15, -0.1) is 11.8 Å². The molecule has 0 bridgehead atoms. The van der Waals surface area contributed by atoms with Gasteiger partial charge in [0.15, 0.2) is 0 Å². The predicted molar refractivity (Wildman–Crippen MR) is 60.0 cm³/mol. The molecule has 2 heteroatoms. The third-order valence-electron chi connectivity index (χ3n) is 1.77. The molecule has 72 valence electrons. The minimum atomic E-state index is 0.127. The summed E-state index contributed by atoms with van der Waals surface area (Å²) in [5.41, 5.74) is 7.13. The zero-order valence-corrected chi connectivity index (χ0v) is 9.27. The summed E-state index contributed by atoms with van der Waals surface area (Å²) in [5, 5.41) is 0.611. The molecule has 13 heavy (non-hydrogen) atoms. The second kappa shape index (κ2) is 4.68. The maximum absolute atomic E-state index is 5.88. The SMILES string of the molecule is CC(C)Sc1ccccc1C(C)N. The van der Waals surface area contributed by atoms with Gasteiger partial charge in [-0.1, -0.05) is 32.0 Å². The van der Waals surface area contributed by atoms with E-state index in [9.17, 15) is 0 Å². The zero-order valence-electron chi connectivity index (χ0n) is 8.45. The van der Waals surface area contributed by atoms with Crippen LogP contribution in [-0.4, -0.2) is 5.25 Å². The van der Waals surface area contributed by atoms with Crippen molar-refractivity contribution in [3.8, 4) is 0 Å². The largest absolute Gasteiger partial charge is 0.324 e. The molecule has 1 unspecified atom stereocenters. The molecule has 0 spiro atoms. The van der Waals surface area contributed by atoms with Gasteiger partial charge >= 0.3 is 0 Å². The number of hydrogen-bond donors (Lipinski definition) is 1. The molecule has 1 nitrogen and oxygen atoms in total. The van der Waals surface area contributed by atoms with E-state index >= 15 is 0 Å². The van der Waals surface area contributed by atoms with Crippen molar-refractivity contribution in [1.82, 2.24) is 0 Å². The Bertz CT molecular complexity index is 269. The van der Waals surface area contributed by atoms with Crippen molar-refractivity contribution >= 4 is 11.8 Å². The van der Waals surface area contributed by atoms with Crippen LogP contribution in [0.25, 0.3) is 0 Å². The molecule has 0 aliphatic carbocycles. The Labute approximate surface area is 84.7 Å². The number of nitrogens with two attached hydrogens (primary N) is 1. The van der Waals surface area contributed by atoms with Gasteiger partial charge in [0.25, 0.3) is 0 Å². The summed E-state index contributed by atoms with van der Waals surface area (Å²) in [6.45, 7) is 6.42. The fourth-order valence-corrected chi connectivity index (χ4v) is 2.27. The van der Waals surface area contributed by atoms with Gasteiger partial charge in [-0.25, -0.2) is 0 Å². The molecule has 0 saturated heterocycles. The summed E-state index contributed by atoms with van der Waals surface area (Å²) in [6, 6.07) is 8.49. The summed E-state index contributed by atoms with van der Waals surface area (Å²) in [4.78, 5) is 1.31. The molecule has 1 aromatic rings. The minimum Gasteiger partial charge on any atom is -0.324 e. The lowest BCUT2D eigenvalue weighted by Crippen LogP contribution is -2.06. The first kappa shape index (κ1) is 10.6. The van der Waals surface area contributed by atoms with Crippen LogP contribution >= 0.6 is 11.8 Å². The standard InChI is InChI=1S/C11H17NS/c1-8(2)13-11-7-5-4-6-10(11)9(3)12/h4-9H,12H2,1-3H3. The van der Waals surface area contributed by atoms with E-state index in [1.165, 1.54) is 10.5 Å². The summed E-state index contributed by atoms with van der Waals surface area (Å²) in [5.74, 6) is 0. The highest BCUT2D eigenvalue weighted by atomic mass is 32.2. The van der Waals surface area contributed by atoms with Crippen LogP contribution in [0.1, 0.15) is 32.4 Å². The first-order chi connectivity index (χ1) is 6.11. The van der Waals surface area contributed by atoms with Crippen molar-refractivity contribution in [3.63, 3.8) is 0 Å². The third kappa shape index (κ3) is 3.05. The Morgan fingerprint density at radius 1 is 1.15 bits per heavy atom. The predicted octanol–water partition coefficient (Wildman–Crippen LogP) is 3.21. The zero-order chi connectivity index (χ0) is 9.84. The lowest BCUT2D eigenvalue weighted by Gasteiger charge is -2.13. The van der Waals surface area contributed by atoms with Crippen LogP contribution in [0.3, 0.4) is 0 Å². The van der Waals surface area contributed by atoms with E-state index in [2.05, 4.69) is 32.0 Å². The quantitative estimate of drug-likeness (QED) is 0.749. The van der Waals surface area contributed by atoms with E-state index in [1.807, 2.05) is 24.8 Å². The highest BCUT2D eigenvalue weighted by Crippen LogP contribution is 2.29. The van der Waals surface area contributed by atoms with Crippen LogP contribution in [-0.2, 0) is 0 Å². The van der Waals surface area contributed by atoms with E-state index in [0.29, 0.717) is 5.25 Å². The van der Waals surface area contributed by atoms with Crippen molar-refractivity contribution in [1.29, 1.82) is 0 Å². The molecule has 1 atom stereocenters. The fraction of sp³-hybridized carbons (Fsp3) is 0.455. The Morgan fingerprint density at radius 2 is 1.77 bits per heavy atom. The molecule has 0 aliphatic heterocycles. The van der Waals surface area contributed by atoms with Crippen molar-refractivity contribution in [2.75, 3.05) is 0 Å². The maximum Gasteiger partial charge on any atom is 0.0277 e. The van der Waals surface area contributed by atoms with Gasteiger partial charge in [-0.05, 0) is 18.6 Å². The first-order valence-electron chi connectivity index (χ1n) is 4.62. The molecule has 0 fully saturated rings. The molecule has 0 aromatic heterocycles. The molecule has 0 amide bonds. The number of rotatable bonds is 3. The molecule has 0 heterocycles. The third-order valence-corrected chi connectivity index (χ3v) is 2.87. The van der Waals surface area contributed by atoms with Gasteiger partial charge in [0.05, 0.1) is 0 Å². The highest BCUT2D eigenvalue weighted by Gasteiger charge is 2.07. The van der Waals surface area contributed by atoms with Gasteiger partial charge in [0.1, 0.15) is 0 Å². The van der Waals surface area contributed by atoms with Crippen LogP contribution in [0, 0.1) is 0 Å². The van der Waals surface area contributed by atoms with Crippen LogP contribution < -0.4 is 5.73 Å². The second-order valence-corrected chi connectivity index (χ2v) is 5.11. The molecule has 0 saturated carbocycles. The van der Waals surface area contributed by atoms with Crippen molar-refractivity contribution < 1.29 is 0 Å². The monoisotopic (exact) mass is 195 g/mol. The van der Waals surface area contributed by atoms with Gasteiger partial charge in [0, 0.05) is 16.2 Å². The second-order valence-electron chi connectivity index (χ2n) is 3.49. The lowest BCUT2D eigenvalue weighted by atomic mass is 10.1. The Kier molecular flexibility index (Phi) is 3.82. The first-order valence-corrected chi connectivity index (χ1v) is 5.50. The smallest absolute Gasteiger partial charge is 0.0277 e. The summed E-state index contributed by atoms with van der Waals surface area (Å²) in [6.07, 6.45) is 0. The molecule has 0 aliphatic rings. The molecule has 1 aromatic carbocycles. The topological polar surface area (TPSA) is 26.0 Å². The van der Waals surface area contributed by atoms with E-state index in [0.717, 1.165) is 0 Å². The fourth-order valence-electron chi connectivity index (χ4n) is 1.22. The molecular weight excluding hydrogens is 178 g/mol. The molecule has 2 N–H and O–H groups in total. The molecule has 0 radical (unpaired) electrons. The van der Waals surface area contributed by atoms with Crippen molar-refractivity contribution in [3.05, 3.63) is 29.8 Å².